The third-order valence-corrected chi connectivity index (χ3v) is 3.68. The summed E-state index contributed by atoms with van der Waals surface area (Å²) >= 11 is 0. The molecule has 0 aromatic carbocycles. The second-order valence-electron chi connectivity index (χ2n) is 5.88. The van der Waals surface area contributed by atoms with Crippen molar-refractivity contribution in [1.29, 1.82) is 0 Å². The molecule has 0 unspecified atom stereocenters. The number of unbranched alkanes of at least 4 members (excludes halogenated alkanes) is 1. The fourth-order valence-corrected chi connectivity index (χ4v) is 2.60. The molecule has 23 heavy (non-hydrogen) atoms. The van der Waals surface area contributed by atoms with Gasteiger partial charge in [0.25, 0.3) is 0 Å². The van der Waals surface area contributed by atoms with Crippen LogP contribution in [0, 0.1) is 0 Å². The zero-order valence-corrected chi connectivity index (χ0v) is 13.7. The quantitative estimate of drug-likeness (QED) is 0.634. The van der Waals surface area contributed by atoms with Crippen LogP contribution < -0.4 is 0 Å². The summed E-state index contributed by atoms with van der Waals surface area (Å²) in [5.74, 6) is 0. The molecule has 0 bridgehead atoms. The lowest BCUT2D eigenvalue weighted by molar-refractivity contribution is 0.0526. The summed E-state index contributed by atoms with van der Waals surface area (Å²) in [5, 5.41) is 28.7. The van der Waals surface area contributed by atoms with E-state index in [4.69, 9.17) is 0 Å². The van der Waals surface area contributed by atoms with Crippen molar-refractivity contribution >= 4 is 0 Å². The first-order chi connectivity index (χ1) is 11.2. The minimum atomic E-state index is -0.511. The highest BCUT2D eigenvalue weighted by Gasteiger charge is 2.16. The molecule has 7 heteroatoms. The Bertz CT molecular complexity index is 470. The van der Waals surface area contributed by atoms with Gasteiger partial charge in [-0.1, -0.05) is 13.3 Å². The van der Waals surface area contributed by atoms with E-state index in [2.05, 4.69) is 22.0 Å². The minimum absolute atomic E-state index is 0.463. The number of hydrogen-bond acceptors (Lipinski definition) is 5. The zero-order valence-electron chi connectivity index (χ0n) is 13.7. The minimum Gasteiger partial charge on any atom is -0.390 e. The van der Waals surface area contributed by atoms with Crippen LogP contribution in [0.15, 0.2) is 36.9 Å². The van der Waals surface area contributed by atoms with Gasteiger partial charge in [0.05, 0.1) is 25.3 Å². The monoisotopic (exact) mass is 321 g/mol. The summed E-state index contributed by atoms with van der Waals surface area (Å²) in [7, 11) is 0. The van der Waals surface area contributed by atoms with Crippen molar-refractivity contribution in [3.8, 4) is 0 Å². The number of aliphatic hydroxyl groups is 2. The standard InChI is InChI=1S/C16H27N5O2/c1-2-3-8-19(11-15(22)13-20-9-4-6-17-20)12-16(23)14-21-10-5-7-18-21/h4-7,9-10,15-16,22-23H,2-3,8,11-14H2,1H3/t15-,16+. The van der Waals surface area contributed by atoms with Gasteiger partial charge in [0.1, 0.15) is 0 Å². The van der Waals surface area contributed by atoms with E-state index >= 15 is 0 Å². The molecule has 0 amide bonds. The van der Waals surface area contributed by atoms with Crippen LogP contribution in [0.25, 0.3) is 0 Å². The normalized spacial score (nSPS) is 14.3. The second-order valence-corrected chi connectivity index (χ2v) is 5.88. The van der Waals surface area contributed by atoms with Crippen LogP contribution in [0.3, 0.4) is 0 Å². The summed E-state index contributed by atoms with van der Waals surface area (Å²) in [6.45, 7) is 4.98. The average Bonchev–Trinajstić information content (AvgIpc) is 3.18. The number of rotatable bonds is 11. The molecule has 0 saturated carbocycles. The van der Waals surface area contributed by atoms with Crippen LogP contribution in [-0.2, 0) is 13.1 Å². The van der Waals surface area contributed by atoms with E-state index in [0.717, 1.165) is 19.4 Å². The Labute approximate surface area is 137 Å². The van der Waals surface area contributed by atoms with Gasteiger partial charge in [-0.25, -0.2) is 0 Å². The Morgan fingerprint density at radius 2 is 1.48 bits per heavy atom. The Balaban J connectivity index is 1.82. The van der Waals surface area contributed by atoms with E-state index in [1.54, 1.807) is 21.8 Å². The van der Waals surface area contributed by atoms with Gasteiger partial charge in [0, 0.05) is 37.9 Å². The molecule has 0 saturated heterocycles. The summed E-state index contributed by atoms with van der Waals surface area (Å²) < 4.78 is 3.45. The molecule has 0 aliphatic heterocycles. The molecular formula is C16H27N5O2. The van der Waals surface area contributed by atoms with Crippen LogP contribution >= 0.6 is 0 Å². The number of aromatic nitrogens is 4. The van der Waals surface area contributed by atoms with Crippen molar-refractivity contribution in [3.63, 3.8) is 0 Å². The Kier molecular flexibility index (Phi) is 7.25. The predicted molar refractivity (Wildman–Crippen MR) is 87.8 cm³/mol. The maximum absolute atomic E-state index is 10.3. The number of nitrogens with zero attached hydrogens (tertiary/aromatic N) is 5. The van der Waals surface area contributed by atoms with Crippen LogP contribution in [0.1, 0.15) is 19.8 Å². The van der Waals surface area contributed by atoms with Crippen LogP contribution in [0.5, 0.6) is 0 Å². The molecule has 2 aromatic rings. The molecule has 0 fully saturated rings. The lowest BCUT2D eigenvalue weighted by atomic mass is 10.2. The van der Waals surface area contributed by atoms with Gasteiger partial charge in [0.2, 0.25) is 0 Å². The van der Waals surface area contributed by atoms with Gasteiger partial charge in [0.15, 0.2) is 0 Å². The largest absolute Gasteiger partial charge is 0.390 e. The Morgan fingerprint density at radius 3 is 1.87 bits per heavy atom. The van der Waals surface area contributed by atoms with Crippen LogP contribution in [-0.4, -0.2) is 66.5 Å². The Morgan fingerprint density at radius 1 is 0.957 bits per heavy atom. The third-order valence-electron chi connectivity index (χ3n) is 3.68. The maximum atomic E-state index is 10.3. The Hall–Kier alpha value is -1.70. The van der Waals surface area contributed by atoms with Crippen molar-refractivity contribution in [2.45, 2.75) is 45.1 Å². The van der Waals surface area contributed by atoms with E-state index < -0.39 is 12.2 Å². The second kappa shape index (κ2) is 9.44. The van der Waals surface area contributed by atoms with Crippen molar-refractivity contribution in [3.05, 3.63) is 36.9 Å². The predicted octanol–water partition coefficient (Wildman–Crippen LogP) is 0.604. The molecule has 128 valence electrons. The van der Waals surface area contributed by atoms with Gasteiger partial charge in [-0.15, -0.1) is 0 Å². The summed E-state index contributed by atoms with van der Waals surface area (Å²) in [6, 6.07) is 3.69. The van der Waals surface area contributed by atoms with Crippen molar-refractivity contribution in [2.24, 2.45) is 0 Å². The summed E-state index contributed by atoms with van der Waals surface area (Å²) in [5.41, 5.74) is 0. The average molecular weight is 321 g/mol. The molecule has 0 aliphatic rings. The first-order valence-electron chi connectivity index (χ1n) is 8.20. The van der Waals surface area contributed by atoms with E-state index in [9.17, 15) is 10.2 Å². The fourth-order valence-electron chi connectivity index (χ4n) is 2.60. The lowest BCUT2D eigenvalue weighted by Gasteiger charge is -2.27. The highest BCUT2D eigenvalue weighted by Crippen LogP contribution is 2.03. The van der Waals surface area contributed by atoms with Crippen LogP contribution in [0.4, 0.5) is 0 Å². The molecule has 7 nitrogen and oxygen atoms in total. The zero-order chi connectivity index (χ0) is 16.5. The molecule has 0 radical (unpaired) electrons. The van der Waals surface area contributed by atoms with Crippen molar-refractivity contribution < 1.29 is 10.2 Å². The highest BCUT2D eigenvalue weighted by molar-refractivity contribution is 4.80. The number of hydrogen-bond donors (Lipinski definition) is 2. The van der Waals surface area contributed by atoms with Crippen molar-refractivity contribution in [2.75, 3.05) is 19.6 Å². The number of aliphatic hydroxyl groups excluding tert-OH is 2. The van der Waals surface area contributed by atoms with Gasteiger partial charge < -0.3 is 10.2 Å². The molecule has 2 aromatic heterocycles. The first kappa shape index (κ1) is 17.7. The summed E-state index contributed by atoms with van der Waals surface area (Å²) in [6.07, 6.45) is 8.19. The molecule has 2 N–H and O–H groups in total. The molecule has 2 heterocycles. The smallest absolute Gasteiger partial charge is 0.0862 e. The summed E-state index contributed by atoms with van der Waals surface area (Å²) in [4.78, 5) is 2.12. The molecule has 2 atom stereocenters. The first-order valence-corrected chi connectivity index (χ1v) is 8.20. The topological polar surface area (TPSA) is 79.3 Å². The fraction of sp³-hybridized carbons (Fsp3) is 0.625. The van der Waals surface area contributed by atoms with Gasteiger partial charge >= 0.3 is 0 Å². The molecular weight excluding hydrogens is 294 g/mol. The van der Waals surface area contributed by atoms with E-state index in [0.29, 0.717) is 26.2 Å². The van der Waals surface area contributed by atoms with E-state index in [1.807, 2.05) is 24.5 Å². The maximum Gasteiger partial charge on any atom is 0.0862 e. The third kappa shape index (κ3) is 6.52. The molecule has 2 rings (SSSR count). The molecule has 0 spiro atoms. The van der Waals surface area contributed by atoms with Gasteiger partial charge in [-0.3, -0.25) is 14.3 Å². The van der Waals surface area contributed by atoms with E-state index in [1.165, 1.54) is 0 Å². The van der Waals surface area contributed by atoms with Crippen LogP contribution in [0.2, 0.25) is 0 Å². The SMILES string of the molecule is CCCCN(C[C@@H](O)Cn1cccn1)C[C@H](O)Cn1cccn1. The van der Waals surface area contributed by atoms with Gasteiger partial charge in [-0.05, 0) is 25.1 Å². The lowest BCUT2D eigenvalue weighted by Crippen LogP contribution is -2.41. The molecule has 0 aliphatic carbocycles. The highest BCUT2D eigenvalue weighted by atomic mass is 16.3. The van der Waals surface area contributed by atoms with Gasteiger partial charge in [-0.2, -0.15) is 10.2 Å². The van der Waals surface area contributed by atoms with Crippen molar-refractivity contribution in [1.82, 2.24) is 24.5 Å². The van der Waals surface area contributed by atoms with E-state index in [-0.39, 0.29) is 0 Å².